The number of anilines is 1. The Bertz CT molecular complexity index is 500. The molecule has 0 radical (unpaired) electrons. The summed E-state index contributed by atoms with van der Waals surface area (Å²) in [5, 5.41) is 14.4. The lowest BCUT2D eigenvalue weighted by atomic mass is 10.3. The molecule has 0 saturated carbocycles. The summed E-state index contributed by atoms with van der Waals surface area (Å²) >= 11 is 0. The van der Waals surface area contributed by atoms with Crippen molar-refractivity contribution in [3.05, 3.63) is 6.20 Å². The van der Waals surface area contributed by atoms with Gasteiger partial charge < -0.3 is 10.6 Å². The zero-order valence-electron chi connectivity index (χ0n) is 9.01. The molecule has 2 N–H and O–H groups in total. The first kappa shape index (κ1) is 9.46. The van der Waals surface area contributed by atoms with Crippen LogP contribution in [0.3, 0.4) is 0 Å². The summed E-state index contributed by atoms with van der Waals surface area (Å²) in [6, 6.07) is 0.415. The Morgan fingerprint density at radius 3 is 3.31 bits per heavy atom. The first-order chi connectivity index (χ1) is 7.83. The highest BCUT2D eigenvalue weighted by Gasteiger charge is 2.15. The zero-order chi connectivity index (χ0) is 11.0. The van der Waals surface area contributed by atoms with Crippen molar-refractivity contribution in [2.45, 2.75) is 12.5 Å². The highest BCUT2D eigenvalue weighted by atomic mass is 15.4. The monoisotopic (exact) mass is 219 g/mol. The number of hydrogen-bond donors (Lipinski definition) is 2. The molecule has 1 aliphatic heterocycles. The molecular weight excluding hydrogens is 206 g/mol. The number of aryl methyl sites for hydroxylation is 1. The first-order valence-electron chi connectivity index (χ1n) is 5.32. The largest absolute Gasteiger partial charge is 0.350 e. The fraction of sp³-hybridized carbons (Fsp3) is 0.556. The Labute approximate surface area is 92.3 Å². The highest BCUT2D eigenvalue weighted by molar-refractivity contribution is 5.69. The van der Waals surface area contributed by atoms with E-state index in [2.05, 4.69) is 30.9 Å². The minimum Gasteiger partial charge on any atom is -0.350 e. The van der Waals surface area contributed by atoms with Crippen molar-refractivity contribution < 1.29 is 0 Å². The molecule has 3 heterocycles. The first-order valence-corrected chi connectivity index (χ1v) is 5.32. The van der Waals surface area contributed by atoms with E-state index in [4.69, 9.17) is 0 Å². The summed E-state index contributed by atoms with van der Waals surface area (Å²) in [4.78, 5) is 8.60. The topological polar surface area (TPSA) is 80.5 Å². The molecule has 1 fully saturated rings. The number of nitrogens with one attached hydrogen (secondary N) is 2. The van der Waals surface area contributed by atoms with Crippen LogP contribution >= 0.6 is 0 Å². The second kappa shape index (κ2) is 3.67. The minimum atomic E-state index is 0.415. The molecule has 1 saturated heterocycles. The van der Waals surface area contributed by atoms with E-state index in [1.165, 1.54) is 0 Å². The summed E-state index contributed by atoms with van der Waals surface area (Å²) in [5.41, 5.74) is 1.47. The van der Waals surface area contributed by atoms with E-state index in [0.717, 1.165) is 30.7 Å². The maximum Gasteiger partial charge on any atom is 0.225 e. The van der Waals surface area contributed by atoms with Gasteiger partial charge in [-0.3, -0.25) is 0 Å². The van der Waals surface area contributed by atoms with Gasteiger partial charge in [0.2, 0.25) is 5.95 Å². The lowest BCUT2D eigenvalue weighted by molar-refractivity contribution is 0.728. The molecule has 2 aromatic rings. The quantitative estimate of drug-likeness (QED) is 0.711. The van der Waals surface area contributed by atoms with Gasteiger partial charge in [0.1, 0.15) is 0 Å². The van der Waals surface area contributed by atoms with Gasteiger partial charge in [0, 0.05) is 19.6 Å². The van der Waals surface area contributed by atoms with E-state index in [-0.39, 0.29) is 0 Å². The average Bonchev–Trinajstić information content (AvgIpc) is 2.90. The van der Waals surface area contributed by atoms with Crippen LogP contribution in [0.1, 0.15) is 6.42 Å². The van der Waals surface area contributed by atoms with Crippen molar-refractivity contribution in [1.82, 2.24) is 30.3 Å². The molecule has 0 amide bonds. The molecule has 0 aliphatic carbocycles. The van der Waals surface area contributed by atoms with Gasteiger partial charge >= 0.3 is 0 Å². The molecule has 0 spiro atoms. The van der Waals surface area contributed by atoms with Crippen molar-refractivity contribution in [1.29, 1.82) is 0 Å². The molecule has 3 rings (SSSR count). The summed E-state index contributed by atoms with van der Waals surface area (Å²) in [5.74, 6) is 0.645. The molecule has 1 unspecified atom stereocenters. The van der Waals surface area contributed by atoms with Crippen molar-refractivity contribution in [2.24, 2.45) is 7.05 Å². The molecular formula is C9H13N7. The minimum absolute atomic E-state index is 0.415. The molecule has 1 atom stereocenters. The fourth-order valence-corrected chi connectivity index (χ4v) is 1.86. The smallest absolute Gasteiger partial charge is 0.225 e. The zero-order valence-corrected chi connectivity index (χ0v) is 9.01. The van der Waals surface area contributed by atoms with E-state index in [1.54, 1.807) is 10.9 Å². The molecule has 0 aromatic carbocycles. The third kappa shape index (κ3) is 1.58. The number of aromatic nitrogens is 5. The highest BCUT2D eigenvalue weighted by Crippen LogP contribution is 2.10. The average molecular weight is 219 g/mol. The van der Waals surface area contributed by atoms with Gasteiger partial charge in [-0.15, -0.1) is 5.10 Å². The molecule has 7 heteroatoms. The third-order valence-electron chi connectivity index (χ3n) is 2.74. The Kier molecular flexibility index (Phi) is 2.17. The van der Waals surface area contributed by atoms with Crippen LogP contribution in [0.4, 0.5) is 5.95 Å². The van der Waals surface area contributed by atoms with Crippen LogP contribution in [0.15, 0.2) is 6.20 Å². The molecule has 84 valence electrons. The van der Waals surface area contributed by atoms with Gasteiger partial charge in [0.15, 0.2) is 11.2 Å². The van der Waals surface area contributed by atoms with Crippen LogP contribution in [0.2, 0.25) is 0 Å². The van der Waals surface area contributed by atoms with Gasteiger partial charge in [0.25, 0.3) is 0 Å². The molecule has 7 nitrogen and oxygen atoms in total. The number of rotatable bonds is 2. The number of hydrogen-bond acceptors (Lipinski definition) is 6. The van der Waals surface area contributed by atoms with E-state index < -0.39 is 0 Å². The van der Waals surface area contributed by atoms with Crippen LogP contribution in [0.25, 0.3) is 11.2 Å². The Morgan fingerprint density at radius 1 is 1.56 bits per heavy atom. The summed E-state index contributed by atoms with van der Waals surface area (Å²) in [6.07, 6.45) is 2.80. The normalized spacial score (nSPS) is 20.4. The van der Waals surface area contributed by atoms with Gasteiger partial charge in [0.05, 0.1) is 6.20 Å². The van der Waals surface area contributed by atoms with Crippen LogP contribution in [0, 0.1) is 0 Å². The SMILES string of the molecule is Cn1nnc2cnc(NC3CCNC3)nc21. The lowest BCUT2D eigenvalue weighted by Gasteiger charge is -2.10. The van der Waals surface area contributed by atoms with E-state index >= 15 is 0 Å². The summed E-state index contributed by atoms with van der Waals surface area (Å²) in [6.45, 7) is 2.01. The van der Waals surface area contributed by atoms with Crippen molar-refractivity contribution in [3.8, 4) is 0 Å². The Morgan fingerprint density at radius 2 is 2.50 bits per heavy atom. The fourth-order valence-electron chi connectivity index (χ4n) is 1.86. The van der Waals surface area contributed by atoms with Gasteiger partial charge in [-0.2, -0.15) is 4.98 Å². The van der Waals surface area contributed by atoms with E-state index in [0.29, 0.717) is 12.0 Å². The Balaban J connectivity index is 1.88. The molecule has 1 aliphatic rings. The molecule has 16 heavy (non-hydrogen) atoms. The van der Waals surface area contributed by atoms with Crippen LogP contribution < -0.4 is 10.6 Å². The van der Waals surface area contributed by atoms with Crippen molar-refractivity contribution in [2.75, 3.05) is 18.4 Å². The van der Waals surface area contributed by atoms with E-state index in [1.807, 2.05) is 7.05 Å². The van der Waals surface area contributed by atoms with Gasteiger partial charge in [-0.25, -0.2) is 9.67 Å². The van der Waals surface area contributed by atoms with Crippen molar-refractivity contribution in [3.63, 3.8) is 0 Å². The van der Waals surface area contributed by atoms with E-state index in [9.17, 15) is 0 Å². The second-order valence-electron chi connectivity index (χ2n) is 3.95. The molecule has 0 bridgehead atoms. The second-order valence-corrected chi connectivity index (χ2v) is 3.95. The van der Waals surface area contributed by atoms with Gasteiger partial charge in [-0.05, 0) is 13.0 Å². The predicted molar refractivity (Wildman–Crippen MR) is 59.0 cm³/mol. The van der Waals surface area contributed by atoms with Crippen LogP contribution in [-0.2, 0) is 7.05 Å². The lowest BCUT2D eigenvalue weighted by Crippen LogP contribution is -2.23. The maximum atomic E-state index is 4.39. The predicted octanol–water partition coefficient (Wildman–Crippen LogP) is -0.468. The standard InChI is InChI=1S/C9H13N7/c1-16-8-7(14-15-16)5-11-9(13-8)12-6-2-3-10-4-6/h5-6,10H,2-4H2,1H3,(H,11,12,13). The molecule has 2 aromatic heterocycles. The van der Waals surface area contributed by atoms with Crippen LogP contribution in [-0.4, -0.2) is 44.1 Å². The maximum absolute atomic E-state index is 4.39. The van der Waals surface area contributed by atoms with Gasteiger partial charge in [-0.1, -0.05) is 5.21 Å². The summed E-state index contributed by atoms with van der Waals surface area (Å²) < 4.78 is 1.65. The van der Waals surface area contributed by atoms with Crippen molar-refractivity contribution >= 4 is 17.1 Å². The number of fused-ring (bicyclic) bond motifs is 1. The van der Waals surface area contributed by atoms with Crippen LogP contribution in [0.5, 0.6) is 0 Å². The summed E-state index contributed by atoms with van der Waals surface area (Å²) in [7, 11) is 1.82. The number of nitrogens with zero attached hydrogens (tertiary/aromatic N) is 5. The Hall–Kier alpha value is -1.76. The third-order valence-corrected chi connectivity index (χ3v) is 2.74.